The Morgan fingerprint density at radius 2 is 1.96 bits per heavy atom. The van der Waals surface area contributed by atoms with E-state index >= 15 is 0 Å². The van der Waals surface area contributed by atoms with Gasteiger partial charge < -0.3 is 10.1 Å². The van der Waals surface area contributed by atoms with Crippen molar-refractivity contribution in [3.05, 3.63) is 52.3 Å². The third kappa shape index (κ3) is 3.89. The van der Waals surface area contributed by atoms with Crippen LogP contribution in [0.25, 0.3) is 0 Å². The zero-order valence-corrected chi connectivity index (χ0v) is 14.5. The van der Waals surface area contributed by atoms with Crippen LogP contribution >= 0.6 is 0 Å². The van der Waals surface area contributed by atoms with E-state index in [0.29, 0.717) is 23.6 Å². The van der Waals surface area contributed by atoms with Gasteiger partial charge in [0.05, 0.1) is 12.3 Å². The molecule has 1 heterocycles. The zero-order chi connectivity index (χ0) is 17.0. The molecule has 0 saturated carbocycles. The lowest BCUT2D eigenvalue weighted by Crippen LogP contribution is -2.17. The number of nitrogens with one attached hydrogen (secondary N) is 1. The largest absolute Gasteiger partial charge is 0.493 e. The van der Waals surface area contributed by atoms with E-state index in [9.17, 15) is 4.79 Å². The highest BCUT2D eigenvalue weighted by molar-refractivity contribution is 6.07. The number of aryl methyl sites for hydroxylation is 3. The predicted octanol–water partition coefficient (Wildman–Crippen LogP) is 4.36. The number of carbonyl (C=O) groups is 1. The monoisotopic (exact) mass is 312 g/mol. The van der Waals surface area contributed by atoms with Crippen LogP contribution in [0.1, 0.15) is 46.2 Å². The standard InChI is InChI=1S/C19H24N2O2/c1-6-10-23-17-11-13(3)20-15(5)18(17)19(22)21-16-9-7-8-12(2)14(16)4/h7-9,11H,6,10H2,1-5H3,(H,21,22). The number of pyridine rings is 1. The summed E-state index contributed by atoms with van der Waals surface area (Å²) in [5.41, 5.74) is 5.05. The van der Waals surface area contributed by atoms with Crippen LogP contribution in [0.15, 0.2) is 24.3 Å². The molecule has 4 nitrogen and oxygen atoms in total. The van der Waals surface area contributed by atoms with Gasteiger partial charge in [0.1, 0.15) is 11.3 Å². The molecule has 0 bridgehead atoms. The van der Waals surface area contributed by atoms with Gasteiger partial charge in [-0.2, -0.15) is 0 Å². The molecule has 0 unspecified atom stereocenters. The number of anilines is 1. The lowest BCUT2D eigenvalue weighted by atomic mass is 10.1. The molecule has 2 rings (SSSR count). The average molecular weight is 312 g/mol. The third-order valence-electron chi connectivity index (χ3n) is 3.83. The molecule has 0 aliphatic carbocycles. The van der Waals surface area contributed by atoms with Gasteiger partial charge in [-0.3, -0.25) is 9.78 Å². The zero-order valence-electron chi connectivity index (χ0n) is 14.5. The Morgan fingerprint density at radius 1 is 1.22 bits per heavy atom. The van der Waals surface area contributed by atoms with Crippen molar-refractivity contribution < 1.29 is 9.53 Å². The topological polar surface area (TPSA) is 51.2 Å². The van der Waals surface area contributed by atoms with Gasteiger partial charge in [-0.1, -0.05) is 19.1 Å². The molecule has 2 aromatic rings. The summed E-state index contributed by atoms with van der Waals surface area (Å²) in [6.45, 7) is 10.4. The lowest BCUT2D eigenvalue weighted by Gasteiger charge is -2.15. The number of hydrogen-bond donors (Lipinski definition) is 1. The molecule has 1 amide bonds. The summed E-state index contributed by atoms with van der Waals surface area (Å²) >= 11 is 0. The van der Waals surface area contributed by atoms with Gasteiger partial charge >= 0.3 is 0 Å². The van der Waals surface area contributed by atoms with Crippen LogP contribution in [0, 0.1) is 27.7 Å². The van der Waals surface area contributed by atoms with Crippen molar-refractivity contribution in [2.45, 2.75) is 41.0 Å². The summed E-state index contributed by atoms with van der Waals surface area (Å²) in [5, 5.41) is 2.99. The van der Waals surface area contributed by atoms with Gasteiger partial charge in [-0.05, 0) is 51.3 Å². The van der Waals surface area contributed by atoms with Gasteiger partial charge in [0.15, 0.2) is 0 Å². The summed E-state index contributed by atoms with van der Waals surface area (Å²) < 4.78 is 5.76. The molecule has 4 heteroatoms. The van der Waals surface area contributed by atoms with Gasteiger partial charge in [-0.15, -0.1) is 0 Å². The lowest BCUT2D eigenvalue weighted by molar-refractivity contribution is 0.102. The van der Waals surface area contributed by atoms with Gasteiger partial charge in [0.2, 0.25) is 0 Å². The summed E-state index contributed by atoms with van der Waals surface area (Å²) in [4.78, 5) is 17.2. The molecule has 0 fully saturated rings. The van der Waals surface area contributed by atoms with Gasteiger partial charge in [0.25, 0.3) is 5.91 Å². The molecule has 122 valence electrons. The first-order chi connectivity index (χ1) is 10.9. The number of benzene rings is 1. The predicted molar refractivity (Wildman–Crippen MR) is 93.4 cm³/mol. The number of carbonyl (C=O) groups excluding carboxylic acids is 1. The van der Waals surface area contributed by atoms with E-state index in [-0.39, 0.29) is 5.91 Å². The summed E-state index contributed by atoms with van der Waals surface area (Å²) in [5.74, 6) is 0.412. The number of aromatic nitrogens is 1. The van der Waals surface area contributed by atoms with E-state index < -0.39 is 0 Å². The normalized spacial score (nSPS) is 10.5. The number of rotatable bonds is 5. The third-order valence-corrected chi connectivity index (χ3v) is 3.83. The molecule has 1 N–H and O–H groups in total. The summed E-state index contributed by atoms with van der Waals surface area (Å²) in [6.07, 6.45) is 0.887. The number of ether oxygens (including phenoxy) is 1. The fourth-order valence-electron chi connectivity index (χ4n) is 2.47. The molecule has 1 aromatic carbocycles. The van der Waals surface area contributed by atoms with E-state index in [1.807, 2.05) is 58.9 Å². The van der Waals surface area contributed by atoms with Crippen molar-refractivity contribution in [1.82, 2.24) is 4.98 Å². The average Bonchev–Trinajstić information content (AvgIpc) is 2.49. The Kier molecular flexibility index (Phi) is 5.37. The minimum absolute atomic E-state index is 0.185. The Hall–Kier alpha value is -2.36. The SMILES string of the molecule is CCCOc1cc(C)nc(C)c1C(=O)Nc1cccc(C)c1C. The maximum absolute atomic E-state index is 12.8. The highest BCUT2D eigenvalue weighted by Crippen LogP contribution is 2.25. The molecule has 0 saturated heterocycles. The van der Waals surface area contributed by atoms with E-state index in [1.165, 1.54) is 0 Å². The second-order valence-electron chi connectivity index (χ2n) is 5.77. The molecule has 0 aliphatic heterocycles. The van der Waals surface area contributed by atoms with Crippen LogP contribution in [0.5, 0.6) is 5.75 Å². The van der Waals surface area contributed by atoms with Crippen LogP contribution < -0.4 is 10.1 Å². The Balaban J connectivity index is 2.36. The molecule has 1 aromatic heterocycles. The maximum Gasteiger partial charge on any atom is 0.261 e. The Morgan fingerprint density at radius 3 is 2.65 bits per heavy atom. The van der Waals surface area contributed by atoms with Crippen molar-refractivity contribution in [3.8, 4) is 5.75 Å². The molecule has 0 aliphatic rings. The Labute approximate surface area is 137 Å². The van der Waals surface area contributed by atoms with Crippen molar-refractivity contribution in [3.63, 3.8) is 0 Å². The van der Waals surface area contributed by atoms with Crippen LogP contribution in [0.4, 0.5) is 5.69 Å². The van der Waals surface area contributed by atoms with Crippen LogP contribution in [0.3, 0.4) is 0 Å². The number of hydrogen-bond acceptors (Lipinski definition) is 3. The second kappa shape index (κ2) is 7.27. The molecule has 0 atom stereocenters. The number of nitrogens with zero attached hydrogens (tertiary/aromatic N) is 1. The minimum Gasteiger partial charge on any atom is -0.493 e. The van der Waals surface area contributed by atoms with Crippen LogP contribution in [-0.4, -0.2) is 17.5 Å². The van der Waals surface area contributed by atoms with Gasteiger partial charge in [0, 0.05) is 17.4 Å². The van der Waals surface area contributed by atoms with E-state index in [0.717, 1.165) is 28.9 Å². The summed E-state index contributed by atoms with van der Waals surface area (Å²) in [7, 11) is 0. The van der Waals surface area contributed by atoms with Crippen LogP contribution in [0.2, 0.25) is 0 Å². The first kappa shape index (κ1) is 17.0. The number of amides is 1. The molecular weight excluding hydrogens is 288 g/mol. The van der Waals surface area contributed by atoms with E-state index in [1.54, 1.807) is 0 Å². The molecular formula is C19H24N2O2. The maximum atomic E-state index is 12.8. The molecule has 23 heavy (non-hydrogen) atoms. The highest BCUT2D eigenvalue weighted by Gasteiger charge is 2.18. The van der Waals surface area contributed by atoms with Crippen molar-refractivity contribution in [1.29, 1.82) is 0 Å². The van der Waals surface area contributed by atoms with E-state index in [4.69, 9.17) is 4.74 Å². The quantitative estimate of drug-likeness (QED) is 0.892. The second-order valence-corrected chi connectivity index (χ2v) is 5.77. The van der Waals surface area contributed by atoms with Crippen LogP contribution in [-0.2, 0) is 0 Å². The first-order valence-corrected chi connectivity index (χ1v) is 7.92. The smallest absolute Gasteiger partial charge is 0.261 e. The van der Waals surface area contributed by atoms with Gasteiger partial charge in [-0.25, -0.2) is 0 Å². The minimum atomic E-state index is -0.185. The summed E-state index contributed by atoms with van der Waals surface area (Å²) in [6, 6.07) is 7.69. The Bertz CT molecular complexity index is 724. The van der Waals surface area contributed by atoms with Crippen molar-refractivity contribution >= 4 is 11.6 Å². The first-order valence-electron chi connectivity index (χ1n) is 7.92. The highest BCUT2D eigenvalue weighted by atomic mass is 16.5. The van der Waals surface area contributed by atoms with Crippen molar-refractivity contribution in [2.24, 2.45) is 0 Å². The fourth-order valence-corrected chi connectivity index (χ4v) is 2.47. The fraction of sp³-hybridized carbons (Fsp3) is 0.368. The molecule has 0 radical (unpaired) electrons. The van der Waals surface area contributed by atoms with Crippen molar-refractivity contribution in [2.75, 3.05) is 11.9 Å². The van der Waals surface area contributed by atoms with E-state index in [2.05, 4.69) is 10.3 Å². The molecule has 0 spiro atoms.